The lowest BCUT2D eigenvalue weighted by molar-refractivity contribution is -0.137. The Morgan fingerprint density at radius 1 is 1.06 bits per heavy atom. The molecule has 2 aromatic heterocycles. The SMILES string of the molecule is Cc1cc([C@H]2OC(=O)N(Cc3nc(N4CC(F)(F)C4)ncc3-c3sc(-c4ccc(C(=O)O)cc4C)nc3C(C)(C)C)[C@H]2C)cc(C(F)(F)F)c1. The number of aromatic carboxylic acids is 1. The van der Waals surface area contributed by atoms with Crippen molar-refractivity contribution < 1.29 is 41.4 Å². The molecule has 2 aliphatic rings. The monoisotopic (exact) mass is 715 g/mol. The second-order valence-electron chi connectivity index (χ2n) is 13.8. The van der Waals surface area contributed by atoms with Gasteiger partial charge in [-0.1, -0.05) is 38.5 Å². The average Bonchev–Trinajstić information content (AvgIpc) is 3.56. The molecule has 2 fully saturated rings. The minimum atomic E-state index is -4.60. The summed E-state index contributed by atoms with van der Waals surface area (Å²) in [4.78, 5) is 42.3. The number of aromatic nitrogens is 3. The highest BCUT2D eigenvalue weighted by atomic mass is 32.1. The molecule has 2 aliphatic heterocycles. The van der Waals surface area contributed by atoms with Gasteiger partial charge in [0, 0.05) is 22.7 Å². The smallest absolute Gasteiger partial charge is 0.416 e. The molecule has 15 heteroatoms. The van der Waals surface area contributed by atoms with Gasteiger partial charge in [0.05, 0.1) is 53.1 Å². The van der Waals surface area contributed by atoms with Gasteiger partial charge in [-0.2, -0.15) is 13.2 Å². The van der Waals surface area contributed by atoms with Crippen LogP contribution in [0.5, 0.6) is 0 Å². The van der Waals surface area contributed by atoms with Gasteiger partial charge in [-0.3, -0.25) is 4.90 Å². The minimum Gasteiger partial charge on any atom is -0.478 e. The number of thiazole rings is 1. The highest BCUT2D eigenvalue weighted by Gasteiger charge is 2.46. The van der Waals surface area contributed by atoms with Crippen LogP contribution in [-0.4, -0.2) is 62.1 Å². The summed E-state index contributed by atoms with van der Waals surface area (Å²) in [6.45, 7) is 9.57. The number of anilines is 1. The van der Waals surface area contributed by atoms with Gasteiger partial charge in [0.15, 0.2) is 0 Å². The topological polar surface area (TPSA) is 109 Å². The lowest BCUT2D eigenvalue weighted by atomic mass is 9.89. The maximum atomic E-state index is 13.9. The van der Waals surface area contributed by atoms with Gasteiger partial charge in [0.1, 0.15) is 11.1 Å². The molecule has 264 valence electrons. The number of aryl methyl sites for hydroxylation is 2. The number of benzene rings is 2. The fourth-order valence-electron chi connectivity index (χ4n) is 6.15. The van der Waals surface area contributed by atoms with Crippen LogP contribution in [0, 0.1) is 13.8 Å². The second-order valence-corrected chi connectivity index (χ2v) is 14.8. The molecule has 0 bridgehead atoms. The molecule has 0 spiro atoms. The van der Waals surface area contributed by atoms with Crippen molar-refractivity contribution in [3.8, 4) is 21.0 Å². The van der Waals surface area contributed by atoms with Crippen molar-refractivity contribution in [1.82, 2.24) is 19.9 Å². The minimum absolute atomic E-state index is 0.0436. The number of hydrogen-bond donors (Lipinski definition) is 1. The van der Waals surface area contributed by atoms with Crippen LogP contribution in [0.15, 0.2) is 42.6 Å². The van der Waals surface area contributed by atoms with Crippen molar-refractivity contribution in [3.63, 3.8) is 0 Å². The van der Waals surface area contributed by atoms with E-state index < -0.39 is 60.4 Å². The van der Waals surface area contributed by atoms with Gasteiger partial charge in [-0.05, 0) is 56.2 Å². The van der Waals surface area contributed by atoms with E-state index >= 15 is 0 Å². The van der Waals surface area contributed by atoms with Crippen LogP contribution >= 0.6 is 11.3 Å². The molecule has 4 aromatic rings. The van der Waals surface area contributed by atoms with E-state index in [-0.39, 0.29) is 23.6 Å². The van der Waals surface area contributed by atoms with Crippen molar-refractivity contribution in [1.29, 1.82) is 0 Å². The molecule has 2 aromatic carbocycles. The molecule has 0 aliphatic carbocycles. The average molecular weight is 716 g/mol. The van der Waals surface area contributed by atoms with Gasteiger partial charge in [-0.25, -0.2) is 33.3 Å². The molecule has 4 heterocycles. The number of halogens is 5. The van der Waals surface area contributed by atoms with Gasteiger partial charge in [-0.15, -0.1) is 11.3 Å². The van der Waals surface area contributed by atoms with Crippen molar-refractivity contribution >= 4 is 29.3 Å². The van der Waals surface area contributed by atoms with Crippen LogP contribution in [-0.2, 0) is 22.9 Å². The zero-order chi connectivity index (χ0) is 36.5. The lowest BCUT2D eigenvalue weighted by Gasteiger charge is -2.38. The van der Waals surface area contributed by atoms with Crippen molar-refractivity contribution in [2.45, 2.75) is 77.7 Å². The zero-order valence-corrected chi connectivity index (χ0v) is 28.8. The van der Waals surface area contributed by atoms with Crippen LogP contribution in [0.1, 0.15) is 77.8 Å². The number of cyclic esters (lactones) is 1. The molecule has 0 radical (unpaired) electrons. The molecule has 50 heavy (non-hydrogen) atoms. The summed E-state index contributed by atoms with van der Waals surface area (Å²) in [6.07, 6.45) is -4.86. The Morgan fingerprint density at radius 2 is 1.76 bits per heavy atom. The van der Waals surface area contributed by atoms with Crippen LogP contribution < -0.4 is 4.90 Å². The second kappa shape index (κ2) is 12.3. The van der Waals surface area contributed by atoms with Gasteiger partial charge in [0.2, 0.25) is 5.95 Å². The quantitative estimate of drug-likeness (QED) is 0.190. The van der Waals surface area contributed by atoms with E-state index in [0.29, 0.717) is 38.0 Å². The van der Waals surface area contributed by atoms with Crippen LogP contribution in [0.4, 0.5) is 32.7 Å². The molecule has 2 atom stereocenters. The third-order valence-corrected chi connectivity index (χ3v) is 9.86. The fraction of sp³-hybridized carbons (Fsp3) is 0.400. The summed E-state index contributed by atoms with van der Waals surface area (Å²) in [6, 6.07) is 7.57. The first kappa shape index (κ1) is 35.2. The standard InChI is InChI=1S/C35H34F5N5O4S/c1-17-9-21(12-22(10-17)35(38,39)40)26-19(3)45(32(48)49-26)14-25-24(13-41-31(42-25)44-15-34(36,37)16-44)27-28(33(4,5)6)43-29(50-27)23-8-7-20(30(46)47)11-18(23)2/h7-13,19,26H,14-16H2,1-6H3,(H,46,47)/t19-,26-/m0/s1. The summed E-state index contributed by atoms with van der Waals surface area (Å²) in [5.74, 6) is -3.91. The van der Waals surface area contributed by atoms with E-state index in [1.165, 1.54) is 40.3 Å². The molecule has 2 saturated heterocycles. The van der Waals surface area contributed by atoms with E-state index in [1.807, 2.05) is 20.8 Å². The largest absolute Gasteiger partial charge is 0.478 e. The number of rotatable bonds is 7. The van der Waals surface area contributed by atoms with E-state index in [1.54, 1.807) is 32.0 Å². The third-order valence-electron chi connectivity index (χ3n) is 8.74. The number of carbonyl (C=O) groups is 2. The van der Waals surface area contributed by atoms with E-state index in [9.17, 15) is 36.6 Å². The molecule has 0 unspecified atom stereocenters. The Bertz CT molecular complexity index is 2000. The van der Waals surface area contributed by atoms with Gasteiger partial charge < -0.3 is 14.7 Å². The first-order valence-corrected chi connectivity index (χ1v) is 16.5. The third kappa shape index (κ3) is 6.74. The van der Waals surface area contributed by atoms with Gasteiger partial charge >= 0.3 is 18.2 Å². The number of carboxylic acid groups (broad SMARTS) is 1. The number of hydrogen-bond acceptors (Lipinski definition) is 8. The molecule has 9 nitrogen and oxygen atoms in total. The molecule has 0 saturated carbocycles. The Labute approximate surface area is 288 Å². The highest BCUT2D eigenvalue weighted by Crippen LogP contribution is 2.44. The zero-order valence-electron chi connectivity index (χ0n) is 28.0. The fourth-order valence-corrected chi connectivity index (χ4v) is 7.55. The van der Waals surface area contributed by atoms with E-state index in [2.05, 4.69) is 9.97 Å². The lowest BCUT2D eigenvalue weighted by Crippen LogP contribution is -2.57. The van der Waals surface area contributed by atoms with Crippen LogP contribution in [0.2, 0.25) is 0 Å². The summed E-state index contributed by atoms with van der Waals surface area (Å²) in [5, 5.41) is 10.1. The van der Waals surface area contributed by atoms with Crippen LogP contribution in [0.25, 0.3) is 21.0 Å². The number of amides is 1. The first-order valence-electron chi connectivity index (χ1n) is 15.7. The van der Waals surface area contributed by atoms with E-state index in [4.69, 9.17) is 9.72 Å². The number of alkyl halides is 5. The Morgan fingerprint density at radius 3 is 2.36 bits per heavy atom. The van der Waals surface area contributed by atoms with Crippen LogP contribution in [0.3, 0.4) is 0 Å². The summed E-state index contributed by atoms with van der Waals surface area (Å²) in [5.41, 5.74) is 2.20. The normalized spacial score (nSPS) is 19.1. The number of ether oxygens (including phenoxy) is 1. The Balaban J connectivity index is 1.43. The molecule has 6 rings (SSSR count). The Kier molecular flexibility index (Phi) is 8.64. The maximum Gasteiger partial charge on any atom is 0.416 e. The van der Waals surface area contributed by atoms with Crippen molar-refractivity contribution in [2.24, 2.45) is 0 Å². The summed E-state index contributed by atoms with van der Waals surface area (Å²) < 4.78 is 74.3. The number of carboxylic acids is 1. The van der Waals surface area contributed by atoms with E-state index in [0.717, 1.165) is 17.7 Å². The predicted molar refractivity (Wildman–Crippen MR) is 177 cm³/mol. The van der Waals surface area contributed by atoms with Crippen molar-refractivity contribution in [3.05, 3.63) is 81.8 Å². The molecular weight excluding hydrogens is 681 g/mol. The highest BCUT2D eigenvalue weighted by molar-refractivity contribution is 7.18. The number of carbonyl (C=O) groups excluding carboxylic acids is 1. The molecule has 1 amide bonds. The summed E-state index contributed by atoms with van der Waals surface area (Å²) >= 11 is 1.32. The molecular formula is C35H34F5N5O4S. The molecule has 1 N–H and O–H groups in total. The number of nitrogens with zero attached hydrogens (tertiary/aromatic N) is 5. The van der Waals surface area contributed by atoms with Gasteiger partial charge in [0.25, 0.3) is 5.92 Å². The maximum absolute atomic E-state index is 13.9. The Hall–Kier alpha value is -4.66. The summed E-state index contributed by atoms with van der Waals surface area (Å²) in [7, 11) is 0. The first-order chi connectivity index (χ1) is 23.2. The van der Waals surface area contributed by atoms with Crippen molar-refractivity contribution in [2.75, 3.05) is 18.0 Å². The predicted octanol–water partition coefficient (Wildman–Crippen LogP) is 8.44.